The van der Waals surface area contributed by atoms with Crippen LogP contribution in [0, 0.1) is 59.2 Å². The third-order valence-corrected chi connectivity index (χ3v) is 21.7. The standard InChI is InChI=1S/C62H90N13O14P.Co.H2O3S/c1-29-20-39-40(21-30(29)2)75(28-70-39)57-52(84)53(41(27-76)87-57)89-90(85,86)88-31(3)26-69-49(83)18-19-59(8)37(22-46(66)80)56-62(11)61(10,25-48(68)82)36(14-17-45(65)79)51(74-62)33(5)55-60(9,24-47(67)81)34(12-15-43(63)77)38(71-55)23-42-58(6,7)35(13-16-44(64)78)50(72-42)32(4)54(59)73-56;;1-4(2)3/h20-21,23,28,31,34-37,41,52-53,56-57,71,76,84H,12-19,22,24-27H2,1-11H3,(H2,63,77)(H2,64,78)(H2,65,79)(H2,66,80)(H2,67,81)(H2,68,82)(H,69,83)(H,85,86);;(H2,1,2,3)/p-1/b38-23-,50-32-,55-33-;;/t31?,34-,35-,36-,37?,41-,52-,53+,56?,57+,59-,60+,61+,62?;;/m1../s1. The zero-order chi connectivity index (χ0) is 70.3. The maximum Gasteiger partial charge on any atom is 0.299 e. The molecule has 15 atom stereocenters. The summed E-state index contributed by atoms with van der Waals surface area (Å²) in [4.78, 5) is 128. The van der Waals surface area contributed by atoms with Gasteiger partial charge in [-0.15, -0.1) is 0 Å². The molecule has 7 heterocycles. The second kappa shape index (κ2) is 29.7. The number of ether oxygens (including phenoxy) is 1. The first kappa shape index (κ1) is 77.6. The van der Waals surface area contributed by atoms with Gasteiger partial charge in [-0.2, -0.15) is 4.21 Å². The minimum atomic E-state index is -5.32. The SMILES string of the molecule is C/C1=C2N=C(/C=C3\N/C(=C(/C)C4=NC(C)(C5N=C1[C@](C)(CCC(=O)NCC(C)OP(=O)([O-])O[C@@H]1[C@@H](O)[C@@H](n6cnc7cc(C)c(C)cc76)O[C@@H]1CO)C5CC(N)=O)[C@@](C)(CC(N)=O)[C@@H]4CCC(N)=O)[C@@](C)(CC(N)=O)[C@@H]3CCC(N)=O)C(C)(C)[C@@H]/2CCC(N)=O.O=S(O)O.[Co]. The van der Waals surface area contributed by atoms with Gasteiger partial charge in [0.05, 0.1) is 41.7 Å². The summed E-state index contributed by atoms with van der Waals surface area (Å²) in [5.74, 6) is -7.24. The number of hydrogen-bond donors (Lipinski definition) is 12. The number of nitrogens with two attached hydrogens (primary N) is 6. The summed E-state index contributed by atoms with van der Waals surface area (Å²) in [6, 6.07) is 2.67. The predicted molar refractivity (Wildman–Crippen MR) is 345 cm³/mol. The second-order valence-corrected chi connectivity index (χ2v) is 29.1. The zero-order valence-corrected chi connectivity index (χ0v) is 58.0. The van der Waals surface area contributed by atoms with E-state index in [4.69, 9.17) is 76.5 Å². The third kappa shape index (κ3) is 15.9. The number of rotatable bonds is 26. The van der Waals surface area contributed by atoms with E-state index in [0.29, 0.717) is 56.4 Å². The first-order chi connectivity index (χ1) is 43.6. The Morgan fingerprint density at radius 2 is 1.39 bits per heavy atom. The summed E-state index contributed by atoms with van der Waals surface area (Å²) in [6.45, 7) is 19.1. The number of imidazole rings is 1. The molecule has 527 valence electrons. The average molecular weight is 1410 g/mol. The quantitative estimate of drug-likeness (QED) is 0.0474. The molecule has 7 amide bonds. The molecule has 1 aromatic carbocycles. The number of carbonyl (C=O) groups excluding carboxylic acids is 7. The zero-order valence-electron chi connectivity index (χ0n) is 55.3. The van der Waals surface area contributed by atoms with E-state index < -0.39 is 155 Å². The summed E-state index contributed by atoms with van der Waals surface area (Å²) in [7, 11) is -5.32. The number of phosphoric acid groups is 1. The van der Waals surface area contributed by atoms with Crippen LogP contribution in [-0.4, -0.2) is 141 Å². The van der Waals surface area contributed by atoms with Crippen LogP contribution >= 0.6 is 7.82 Å². The van der Waals surface area contributed by atoms with Crippen molar-refractivity contribution >= 4 is 88.7 Å². The number of allylic oxidation sites excluding steroid dienone is 6. The van der Waals surface area contributed by atoms with E-state index in [1.54, 1.807) is 0 Å². The van der Waals surface area contributed by atoms with Gasteiger partial charge in [-0.05, 0) is 108 Å². The van der Waals surface area contributed by atoms with Gasteiger partial charge in [0.15, 0.2) is 6.23 Å². The number of primary amides is 6. The van der Waals surface area contributed by atoms with Gasteiger partial charge in [-0.1, -0.05) is 34.6 Å². The average Bonchev–Trinajstić information content (AvgIpc) is 1.53. The van der Waals surface area contributed by atoms with Gasteiger partial charge in [0.1, 0.15) is 18.3 Å². The summed E-state index contributed by atoms with van der Waals surface area (Å²) < 4.78 is 54.7. The largest absolute Gasteiger partial charge is 0.756 e. The first-order valence-electron chi connectivity index (χ1n) is 31.1. The number of hydrogen-bond acceptors (Lipinski definition) is 20. The molecule has 33 heteroatoms. The van der Waals surface area contributed by atoms with Crippen LogP contribution < -0.4 is 49.9 Å². The van der Waals surface area contributed by atoms with Crippen LogP contribution in [0.4, 0.5) is 0 Å². The molecule has 6 aliphatic rings. The number of aryl methyl sites for hydroxylation is 2. The number of aliphatic imine (C=N–C) groups is 3. The van der Waals surface area contributed by atoms with E-state index in [9.17, 15) is 53.2 Å². The number of fused-ring (bicyclic) bond motifs is 7. The van der Waals surface area contributed by atoms with Crippen LogP contribution in [0.15, 0.2) is 67.8 Å². The van der Waals surface area contributed by atoms with Crippen molar-refractivity contribution in [3.63, 3.8) is 0 Å². The van der Waals surface area contributed by atoms with Crippen molar-refractivity contribution in [1.82, 2.24) is 20.2 Å². The van der Waals surface area contributed by atoms with Gasteiger partial charge in [-0.3, -0.25) is 62.2 Å². The Hall–Kier alpha value is -6.42. The van der Waals surface area contributed by atoms with Gasteiger partial charge < -0.3 is 78.5 Å². The third-order valence-electron chi connectivity index (χ3n) is 20.6. The molecule has 30 nitrogen and oxygen atoms in total. The molecule has 2 aromatic rings. The molecule has 1 aromatic heterocycles. The van der Waals surface area contributed by atoms with Crippen LogP contribution in [0.5, 0.6) is 0 Å². The van der Waals surface area contributed by atoms with Crippen molar-refractivity contribution in [3.05, 3.63) is 63.9 Å². The monoisotopic (exact) mass is 1410 g/mol. The number of aliphatic hydroxyl groups excluding tert-OH is 2. The molecular formula is C62H91CoN13O17PS-. The Kier molecular flexibility index (Phi) is 24.3. The molecule has 2 fully saturated rings. The predicted octanol–water partition coefficient (Wildman–Crippen LogP) is 2.21. The summed E-state index contributed by atoms with van der Waals surface area (Å²) >= 11 is -2.61. The number of carbonyl (C=O) groups is 7. The number of nitrogens with zero attached hydrogens (tertiary/aromatic N) is 5. The number of benzene rings is 1. The Balaban J connectivity index is 0.00000278. The fourth-order valence-electron chi connectivity index (χ4n) is 15.4. The fourth-order valence-corrected chi connectivity index (χ4v) is 16.6. The number of aromatic nitrogens is 2. The van der Waals surface area contributed by atoms with Gasteiger partial charge in [0, 0.05) is 148 Å². The van der Waals surface area contributed by atoms with Crippen LogP contribution in [0.1, 0.15) is 150 Å². The molecule has 18 N–H and O–H groups in total. The minimum absolute atomic E-state index is 0. The van der Waals surface area contributed by atoms with E-state index in [0.717, 1.165) is 11.1 Å². The second-order valence-electron chi connectivity index (χ2n) is 27.3. The fraction of sp³-hybridized carbons (Fsp3) is 0.629. The summed E-state index contributed by atoms with van der Waals surface area (Å²) in [5.41, 5.74) is 37.2. The molecule has 6 aliphatic heterocycles. The first-order valence-corrected chi connectivity index (χ1v) is 33.6. The van der Waals surface area contributed by atoms with Crippen LogP contribution in [0.2, 0.25) is 0 Å². The normalized spacial score (nSPS) is 32.8. The van der Waals surface area contributed by atoms with E-state index in [-0.39, 0.29) is 94.0 Å². The maximum absolute atomic E-state index is 14.4. The van der Waals surface area contributed by atoms with Gasteiger partial charge in [0.25, 0.3) is 19.2 Å². The molecule has 0 aliphatic carbocycles. The van der Waals surface area contributed by atoms with E-state index >= 15 is 0 Å². The smallest absolute Gasteiger partial charge is 0.299 e. The molecule has 8 rings (SSSR count). The topological polar surface area (TPSA) is 520 Å². The Labute approximate surface area is 564 Å². The van der Waals surface area contributed by atoms with Gasteiger partial charge in [-0.25, -0.2) is 4.98 Å². The maximum atomic E-state index is 14.4. The molecule has 1 radical (unpaired) electrons. The molecule has 5 unspecified atom stereocenters. The van der Waals surface area contributed by atoms with Crippen LogP contribution in [0.25, 0.3) is 11.0 Å². The van der Waals surface area contributed by atoms with Crippen molar-refractivity contribution in [3.8, 4) is 0 Å². The van der Waals surface area contributed by atoms with E-state index in [1.165, 1.54) is 17.8 Å². The molecule has 95 heavy (non-hydrogen) atoms. The van der Waals surface area contributed by atoms with Crippen molar-refractivity contribution in [2.24, 2.45) is 94.7 Å². The number of amides is 7. The molecular weight excluding hydrogens is 1320 g/mol. The molecule has 0 saturated carbocycles. The number of aliphatic hydroxyl groups is 2. The van der Waals surface area contributed by atoms with Crippen molar-refractivity contribution in [2.75, 3.05) is 13.2 Å². The van der Waals surface area contributed by atoms with Gasteiger partial charge >= 0.3 is 0 Å². The number of phosphoric ester groups is 1. The Bertz CT molecular complexity index is 3660. The van der Waals surface area contributed by atoms with Crippen molar-refractivity contribution in [1.29, 1.82) is 0 Å². The van der Waals surface area contributed by atoms with Crippen LogP contribution in [-0.2, 0) is 80.1 Å². The van der Waals surface area contributed by atoms with Crippen molar-refractivity contribution < 1.29 is 97.1 Å². The number of nitrogens with one attached hydrogen (secondary N) is 2. The summed E-state index contributed by atoms with van der Waals surface area (Å²) in [6.07, 6.45) is -4.57. The van der Waals surface area contributed by atoms with E-state index in [2.05, 4.69) is 15.6 Å². The van der Waals surface area contributed by atoms with Crippen LogP contribution in [0.3, 0.4) is 0 Å². The minimum Gasteiger partial charge on any atom is -0.756 e. The van der Waals surface area contributed by atoms with Crippen molar-refractivity contribution in [2.45, 2.75) is 189 Å². The Morgan fingerprint density at radius 3 is 1.95 bits per heavy atom. The molecule has 0 spiro atoms. The van der Waals surface area contributed by atoms with E-state index in [1.807, 2.05) is 87.4 Å². The summed E-state index contributed by atoms with van der Waals surface area (Å²) in [5, 5.41) is 28.1. The van der Waals surface area contributed by atoms with Gasteiger partial charge in [0.2, 0.25) is 41.4 Å². The molecule has 8 bridgehead atoms. The molecule has 2 saturated heterocycles. The Morgan fingerprint density at radius 1 is 0.821 bits per heavy atom.